The van der Waals surface area contributed by atoms with Gasteiger partial charge in [0.05, 0.1) is 15.5 Å². The molecule has 2 rings (SSSR count). The molecule has 2 aromatic rings. The summed E-state index contributed by atoms with van der Waals surface area (Å²) in [4.78, 5) is -0.212. The van der Waals surface area contributed by atoms with Crippen molar-refractivity contribution in [3.63, 3.8) is 0 Å². The number of azo groups is 1. The van der Waals surface area contributed by atoms with Crippen molar-refractivity contribution in [3.8, 4) is 17.6 Å². The van der Waals surface area contributed by atoms with Crippen LogP contribution in [0.15, 0.2) is 61.5 Å². The lowest BCUT2D eigenvalue weighted by Crippen LogP contribution is -2.30. The Morgan fingerprint density at radius 3 is 1.84 bits per heavy atom. The van der Waals surface area contributed by atoms with Gasteiger partial charge in [-0.05, 0) is 36.4 Å². The average molecular weight is 552 g/mol. The Kier molecular flexibility index (Phi) is 10.1. The number of sulfonamides is 2. The van der Waals surface area contributed by atoms with Crippen LogP contribution >= 0.6 is 0 Å². The van der Waals surface area contributed by atoms with Gasteiger partial charge in [-0.1, -0.05) is 27.7 Å². The molecule has 200 valence electrons. The third-order valence-electron chi connectivity index (χ3n) is 5.24. The zero-order valence-corrected chi connectivity index (χ0v) is 22.5. The van der Waals surface area contributed by atoms with Gasteiger partial charge in [-0.2, -0.15) is 13.9 Å². The monoisotopic (exact) mass is 551 g/mol. The van der Waals surface area contributed by atoms with Gasteiger partial charge < -0.3 is 10.2 Å². The van der Waals surface area contributed by atoms with Crippen molar-refractivity contribution in [1.82, 2.24) is 8.61 Å². The number of phenolic OH excluding ortho intramolecular Hbond substituents is 2. The predicted octanol–water partition coefficient (Wildman–Crippen LogP) is 3.19. The van der Waals surface area contributed by atoms with E-state index in [1.807, 2.05) is 0 Å². The van der Waals surface area contributed by atoms with Crippen molar-refractivity contribution in [1.29, 1.82) is 5.26 Å². The van der Waals surface area contributed by atoms with Crippen LogP contribution in [-0.2, 0) is 20.0 Å². The fourth-order valence-electron chi connectivity index (χ4n) is 3.22. The summed E-state index contributed by atoms with van der Waals surface area (Å²) < 4.78 is 53.4. The number of hydrogen-bond donors (Lipinski definition) is 3. The molecule has 0 bridgehead atoms. The van der Waals surface area contributed by atoms with E-state index < -0.39 is 25.9 Å². The first kappa shape index (κ1) is 29.6. The second-order valence-corrected chi connectivity index (χ2v) is 11.2. The van der Waals surface area contributed by atoms with Crippen LogP contribution in [0.5, 0.6) is 11.5 Å². The van der Waals surface area contributed by atoms with Gasteiger partial charge in [-0.15, -0.1) is 15.3 Å². The van der Waals surface area contributed by atoms with Crippen LogP contribution in [0.25, 0.3) is 0 Å². The van der Waals surface area contributed by atoms with Gasteiger partial charge in [-0.3, -0.25) is 5.43 Å². The van der Waals surface area contributed by atoms with E-state index in [2.05, 4.69) is 20.8 Å². The van der Waals surface area contributed by atoms with Crippen LogP contribution in [0.2, 0.25) is 0 Å². The molecule has 0 saturated carbocycles. The first-order valence-electron chi connectivity index (χ1n) is 11.3. The number of phenols is 2. The molecule has 0 atom stereocenters. The number of rotatable bonds is 11. The molecule has 13 nitrogen and oxygen atoms in total. The van der Waals surface area contributed by atoms with Crippen molar-refractivity contribution in [2.45, 2.75) is 37.5 Å². The van der Waals surface area contributed by atoms with Gasteiger partial charge in [0.25, 0.3) is 5.84 Å². The van der Waals surface area contributed by atoms with E-state index in [9.17, 15) is 32.3 Å². The summed E-state index contributed by atoms with van der Waals surface area (Å²) in [6.45, 7) is 7.78. The number of aromatic hydroxyl groups is 2. The van der Waals surface area contributed by atoms with Gasteiger partial charge in [0.2, 0.25) is 20.0 Å². The molecule has 0 spiro atoms. The van der Waals surface area contributed by atoms with Gasteiger partial charge in [0, 0.05) is 26.2 Å². The van der Waals surface area contributed by atoms with Crippen molar-refractivity contribution in [2.75, 3.05) is 31.6 Å². The number of nitrogens with zero attached hydrogens (tertiary/aromatic N) is 6. The summed E-state index contributed by atoms with van der Waals surface area (Å²) in [5.74, 6) is -1.25. The largest absolute Gasteiger partial charge is 0.506 e. The second kappa shape index (κ2) is 12.6. The number of amidine groups is 1. The summed E-state index contributed by atoms with van der Waals surface area (Å²) >= 11 is 0. The van der Waals surface area contributed by atoms with Crippen molar-refractivity contribution >= 4 is 37.3 Å². The highest BCUT2D eigenvalue weighted by molar-refractivity contribution is 7.89. The first-order valence-corrected chi connectivity index (χ1v) is 14.2. The molecule has 0 aromatic heterocycles. The smallest absolute Gasteiger partial charge is 0.270 e. The van der Waals surface area contributed by atoms with Crippen LogP contribution in [-0.4, -0.2) is 67.7 Å². The Hall–Kier alpha value is -3.58. The maximum absolute atomic E-state index is 12.7. The van der Waals surface area contributed by atoms with E-state index >= 15 is 0 Å². The minimum Gasteiger partial charge on any atom is -0.506 e. The van der Waals surface area contributed by atoms with Crippen LogP contribution in [0, 0.1) is 11.3 Å². The second-order valence-electron chi connectivity index (χ2n) is 7.37. The van der Waals surface area contributed by atoms with Crippen molar-refractivity contribution in [3.05, 3.63) is 36.4 Å². The molecule has 15 heteroatoms. The van der Waals surface area contributed by atoms with E-state index in [0.717, 1.165) is 18.2 Å². The number of anilines is 1. The van der Waals surface area contributed by atoms with Gasteiger partial charge in [0.15, 0.2) is 0 Å². The lowest BCUT2D eigenvalue weighted by atomic mass is 10.3. The number of hydrogen-bond acceptors (Lipinski definition) is 10. The maximum atomic E-state index is 12.7. The third kappa shape index (κ3) is 6.80. The molecule has 0 heterocycles. The highest BCUT2D eigenvalue weighted by Gasteiger charge is 2.24. The SMILES string of the molecule is CCN(CC)S(=O)(=O)c1ccc(O)c(N=N/C(C#N)=N/Nc2cc(S(=O)(=O)N(CC)CC)ccc2O)c1. The molecule has 0 fully saturated rings. The molecule has 0 unspecified atom stereocenters. The number of hydrazone groups is 1. The highest BCUT2D eigenvalue weighted by Crippen LogP contribution is 2.31. The van der Waals surface area contributed by atoms with Crippen molar-refractivity contribution in [2.24, 2.45) is 15.3 Å². The van der Waals surface area contributed by atoms with Crippen LogP contribution < -0.4 is 5.43 Å². The molecule has 2 aromatic carbocycles. The zero-order chi connectivity index (χ0) is 27.8. The van der Waals surface area contributed by atoms with Crippen LogP contribution in [0.3, 0.4) is 0 Å². The molecule has 3 N–H and O–H groups in total. The summed E-state index contributed by atoms with van der Waals surface area (Å²) in [5, 5.41) is 40.6. The van der Waals surface area contributed by atoms with E-state index in [4.69, 9.17) is 0 Å². The topological polar surface area (TPSA) is 188 Å². The third-order valence-corrected chi connectivity index (χ3v) is 9.33. The normalized spacial score (nSPS) is 12.8. The van der Waals surface area contributed by atoms with E-state index in [-0.39, 0.29) is 58.8 Å². The summed E-state index contributed by atoms with van der Waals surface area (Å²) in [6.07, 6.45) is 0. The molecule has 0 saturated heterocycles. The Balaban J connectivity index is 2.36. The molecular formula is C22H29N7O6S2. The Morgan fingerprint density at radius 1 is 0.865 bits per heavy atom. The number of nitrogens with one attached hydrogen (secondary N) is 1. The van der Waals surface area contributed by atoms with Crippen molar-refractivity contribution < 1.29 is 27.0 Å². The Bertz CT molecular complexity index is 1430. The molecule has 0 aliphatic rings. The molecule has 0 radical (unpaired) electrons. The predicted molar refractivity (Wildman–Crippen MR) is 138 cm³/mol. The standard InChI is InChI=1S/C22H29N7O6S2/c1-5-28(6-2)36(32,33)16-9-11-20(30)18(13-16)24-26-22(15-23)27-25-19-14-17(10-12-21(19)31)37(34,35)29(7-3)8-4/h9-14,24,30-31H,5-8H2,1-4H3/b26-22+,27-25?. The lowest BCUT2D eigenvalue weighted by molar-refractivity contribution is 0.444. The van der Waals surface area contributed by atoms with E-state index in [1.54, 1.807) is 33.8 Å². The fourth-order valence-corrected chi connectivity index (χ4v) is 6.18. The first-order chi connectivity index (χ1) is 17.5. The summed E-state index contributed by atoms with van der Waals surface area (Å²) in [5.41, 5.74) is 2.06. The minimum atomic E-state index is -3.83. The van der Waals surface area contributed by atoms with E-state index in [0.29, 0.717) is 0 Å². The van der Waals surface area contributed by atoms with Crippen LogP contribution in [0.1, 0.15) is 27.7 Å². The fraction of sp³-hybridized carbons (Fsp3) is 0.364. The molecule has 37 heavy (non-hydrogen) atoms. The molecule has 0 aliphatic heterocycles. The number of benzene rings is 2. The summed E-state index contributed by atoms with van der Waals surface area (Å²) in [6, 6.07) is 8.71. The molecule has 0 amide bonds. The lowest BCUT2D eigenvalue weighted by Gasteiger charge is -2.19. The van der Waals surface area contributed by atoms with Crippen LogP contribution in [0.4, 0.5) is 11.4 Å². The Morgan fingerprint density at radius 2 is 1.35 bits per heavy atom. The highest BCUT2D eigenvalue weighted by atomic mass is 32.2. The van der Waals surface area contributed by atoms with E-state index in [1.165, 1.54) is 26.8 Å². The Labute approximate surface area is 216 Å². The quantitative estimate of drug-likeness (QED) is 0.125. The molecule has 0 aliphatic carbocycles. The van der Waals surface area contributed by atoms with Gasteiger partial charge in [-0.25, -0.2) is 16.8 Å². The molecular weight excluding hydrogens is 522 g/mol. The summed E-state index contributed by atoms with van der Waals surface area (Å²) in [7, 11) is -7.64. The minimum absolute atomic E-state index is 0.0945. The zero-order valence-electron chi connectivity index (χ0n) is 20.8. The number of nitriles is 1. The average Bonchev–Trinajstić information content (AvgIpc) is 2.86. The van der Waals surface area contributed by atoms with Gasteiger partial charge >= 0.3 is 0 Å². The van der Waals surface area contributed by atoms with Gasteiger partial charge in [0.1, 0.15) is 23.3 Å². The maximum Gasteiger partial charge on any atom is 0.270 e.